The van der Waals surface area contributed by atoms with Crippen molar-refractivity contribution in [1.82, 2.24) is 14.4 Å². The molecule has 0 aliphatic heterocycles. The maximum atomic E-state index is 13.5. The number of hydrogen-bond acceptors (Lipinski definition) is 2. The monoisotopic (exact) mass is 509 g/mol. The van der Waals surface area contributed by atoms with Crippen molar-refractivity contribution in [1.29, 1.82) is 0 Å². The summed E-state index contributed by atoms with van der Waals surface area (Å²) in [4.78, 5) is 29.4. The van der Waals surface area contributed by atoms with E-state index in [1.54, 1.807) is 28.1 Å². The Labute approximate surface area is 214 Å². The molecule has 1 aromatic heterocycles. The van der Waals surface area contributed by atoms with Crippen LogP contribution in [0.2, 0.25) is 0 Å². The molecule has 1 fully saturated rings. The van der Waals surface area contributed by atoms with Crippen LogP contribution in [0.5, 0.6) is 0 Å². The van der Waals surface area contributed by atoms with Crippen molar-refractivity contribution in [3.05, 3.63) is 108 Å². The summed E-state index contributed by atoms with van der Waals surface area (Å²) < 4.78 is 41.4. The summed E-state index contributed by atoms with van der Waals surface area (Å²) in [5.41, 5.74) is 1.55. The van der Waals surface area contributed by atoms with E-state index >= 15 is 0 Å². The van der Waals surface area contributed by atoms with Gasteiger partial charge in [0.2, 0.25) is 11.8 Å². The Hall–Kier alpha value is -3.81. The minimum atomic E-state index is -4.41. The molecule has 0 radical (unpaired) electrons. The lowest BCUT2D eigenvalue weighted by atomic mass is 10.1. The average molecular weight is 510 g/mol. The minimum Gasteiger partial charge on any atom is -0.345 e. The van der Waals surface area contributed by atoms with Crippen LogP contribution in [0.3, 0.4) is 0 Å². The van der Waals surface area contributed by atoms with E-state index in [0.29, 0.717) is 18.7 Å². The fraction of sp³-hybridized carbons (Fsp3) is 0.310. The van der Waals surface area contributed by atoms with Gasteiger partial charge in [-0.2, -0.15) is 13.2 Å². The Kier molecular flexibility index (Phi) is 8.16. The summed E-state index contributed by atoms with van der Waals surface area (Å²) >= 11 is 0. The highest BCUT2D eigenvalue weighted by atomic mass is 19.4. The van der Waals surface area contributed by atoms with E-state index in [1.165, 1.54) is 6.07 Å². The van der Waals surface area contributed by atoms with Crippen LogP contribution in [-0.4, -0.2) is 39.3 Å². The highest BCUT2D eigenvalue weighted by Crippen LogP contribution is 2.31. The van der Waals surface area contributed by atoms with E-state index in [4.69, 9.17) is 0 Å². The molecule has 0 bridgehead atoms. The Morgan fingerprint density at radius 3 is 2.35 bits per heavy atom. The zero-order valence-electron chi connectivity index (χ0n) is 20.5. The van der Waals surface area contributed by atoms with Gasteiger partial charge in [0.15, 0.2) is 0 Å². The van der Waals surface area contributed by atoms with Gasteiger partial charge >= 0.3 is 6.18 Å². The van der Waals surface area contributed by atoms with Gasteiger partial charge in [-0.3, -0.25) is 9.59 Å². The lowest BCUT2D eigenvalue weighted by molar-refractivity contribution is -0.141. The van der Waals surface area contributed by atoms with Crippen LogP contribution < -0.4 is 0 Å². The van der Waals surface area contributed by atoms with Gasteiger partial charge < -0.3 is 14.4 Å². The molecular formula is C29H30F3N3O2. The molecule has 194 valence electrons. The van der Waals surface area contributed by atoms with E-state index in [-0.39, 0.29) is 37.4 Å². The summed E-state index contributed by atoms with van der Waals surface area (Å²) in [5.74, 6) is -0.243. The van der Waals surface area contributed by atoms with Gasteiger partial charge in [-0.1, -0.05) is 48.5 Å². The SMILES string of the molecule is C=CCN(CC(=O)N(Cc1ccccc1)Cc1cccn1Cc1cccc(C(F)(F)F)c1)C(=O)C1CC1. The maximum absolute atomic E-state index is 13.5. The predicted molar refractivity (Wildman–Crippen MR) is 135 cm³/mol. The second-order valence-corrected chi connectivity index (χ2v) is 9.34. The standard InChI is InChI=1S/C29H30F3N3O2/c1-2-15-34(28(37)24-13-14-24)21-27(36)35(18-22-8-4-3-5-9-22)20-26-12-7-16-33(26)19-23-10-6-11-25(17-23)29(30,31)32/h2-12,16-17,24H,1,13-15,18-21H2. The van der Waals surface area contributed by atoms with Gasteiger partial charge in [0.25, 0.3) is 0 Å². The van der Waals surface area contributed by atoms with Crippen molar-refractivity contribution in [2.24, 2.45) is 5.92 Å². The van der Waals surface area contributed by atoms with E-state index in [2.05, 4.69) is 6.58 Å². The van der Waals surface area contributed by atoms with Crippen molar-refractivity contribution in [3.63, 3.8) is 0 Å². The lowest BCUT2D eigenvalue weighted by Gasteiger charge is -2.28. The number of benzene rings is 2. The third-order valence-corrected chi connectivity index (χ3v) is 6.37. The van der Waals surface area contributed by atoms with E-state index < -0.39 is 11.7 Å². The quantitative estimate of drug-likeness (QED) is 0.320. The summed E-state index contributed by atoms with van der Waals surface area (Å²) in [5, 5.41) is 0. The number of carbonyl (C=O) groups excluding carboxylic acids is 2. The molecule has 0 saturated heterocycles. The van der Waals surface area contributed by atoms with Gasteiger partial charge in [0, 0.05) is 37.4 Å². The first-order valence-electron chi connectivity index (χ1n) is 12.3. The molecule has 1 aliphatic rings. The smallest absolute Gasteiger partial charge is 0.345 e. The molecular weight excluding hydrogens is 479 g/mol. The number of rotatable bonds is 11. The third kappa shape index (κ3) is 7.12. The summed E-state index contributed by atoms with van der Waals surface area (Å²) in [6.07, 6.45) is 0.690. The Morgan fingerprint density at radius 2 is 1.68 bits per heavy atom. The highest BCUT2D eigenvalue weighted by molar-refractivity contribution is 5.87. The van der Waals surface area contributed by atoms with Crippen LogP contribution >= 0.6 is 0 Å². The largest absolute Gasteiger partial charge is 0.416 e. The van der Waals surface area contributed by atoms with Crippen LogP contribution in [0, 0.1) is 5.92 Å². The first kappa shape index (κ1) is 26.3. The van der Waals surface area contributed by atoms with Gasteiger partial charge in [-0.15, -0.1) is 6.58 Å². The number of halogens is 3. The summed E-state index contributed by atoms with van der Waals surface area (Å²) in [7, 11) is 0. The second kappa shape index (κ2) is 11.5. The molecule has 0 N–H and O–H groups in total. The third-order valence-electron chi connectivity index (χ3n) is 6.37. The van der Waals surface area contributed by atoms with E-state index in [0.717, 1.165) is 36.2 Å². The topological polar surface area (TPSA) is 45.6 Å². The van der Waals surface area contributed by atoms with E-state index in [1.807, 2.05) is 47.0 Å². The first-order chi connectivity index (χ1) is 17.7. The molecule has 0 unspecified atom stereocenters. The second-order valence-electron chi connectivity index (χ2n) is 9.34. The van der Waals surface area contributed by atoms with Crippen molar-refractivity contribution in [2.75, 3.05) is 13.1 Å². The molecule has 1 saturated carbocycles. The number of alkyl halides is 3. The number of aromatic nitrogens is 1. The molecule has 5 nitrogen and oxygen atoms in total. The molecule has 2 aromatic carbocycles. The number of hydrogen-bond donors (Lipinski definition) is 0. The summed E-state index contributed by atoms with van der Waals surface area (Å²) in [6.45, 7) is 4.80. The van der Waals surface area contributed by atoms with Crippen LogP contribution in [0.4, 0.5) is 13.2 Å². The first-order valence-corrected chi connectivity index (χ1v) is 12.3. The zero-order valence-corrected chi connectivity index (χ0v) is 20.5. The van der Waals surface area contributed by atoms with Crippen molar-refractivity contribution >= 4 is 11.8 Å². The van der Waals surface area contributed by atoms with Crippen LogP contribution in [0.25, 0.3) is 0 Å². The van der Waals surface area contributed by atoms with Crippen LogP contribution in [0.15, 0.2) is 85.6 Å². The molecule has 2 amide bonds. The van der Waals surface area contributed by atoms with Gasteiger partial charge in [-0.05, 0) is 48.2 Å². The number of amides is 2. The highest BCUT2D eigenvalue weighted by Gasteiger charge is 2.34. The van der Waals surface area contributed by atoms with Gasteiger partial charge in [0.05, 0.1) is 12.1 Å². The van der Waals surface area contributed by atoms with Crippen molar-refractivity contribution in [3.8, 4) is 0 Å². The zero-order chi connectivity index (χ0) is 26.4. The Balaban J connectivity index is 1.54. The fourth-order valence-electron chi connectivity index (χ4n) is 4.26. The molecule has 0 atom stereocenters. The fourth-order valence-corrected chi connectivity index (χ4v) is 4.26. The van der Waals surface area contributed by atoms with Gasteiger partial charge in [0.1, 0.15) is 6.54 Å². The molecule has 1 heterocycles. The van der Waals surface area contributed by atoms with Crippen molar-refractivity contribution in [2.45, 2.75) is 38.7 Å². The number of nitrogens with zero attached hydrogens (tertiary/aromatic N) is 3. The molecule has 4 rings (SSSR count). The Morgan fingerprint density at radius 1 is 0.946 bits per heavy atom. The predicted octanol–water partition coefficient (Wildman–Crippen LogP) is 5.51. The molecule has 3 aromatic rings. The summed E-state index contributed by atoms with van der Waals surface area (Å²) in [6, 6.07) is 18.5. The van der Waals surface area contributed by atoms with Gasteiger partial charge in [-0.25, -0.2) is 0 Å². The molecule has 0 spiro atoms. The molecule has 8 heteroatoms. The number of carbonyl (C=O) groups is 2. The molecule has 37 heavy (non-hydrogen) atoms. The normalized spacial score (nSPS) is 13.3. The molecule has 1 aliphatic carbocycles. The lowest BCUT2D eigenvalue weighted by Crippen LogP contribution is -2.43. The Bertz CT molecular complexity index is 1230. The van der Waals surface area contributed by atoms with Crippen LogP contribution in [0.1, 0.15) is 35.2 Å². The average Bonchev–Trinajstić information content (AvgIpc) is 3.64. The minimum absolute atomic E-state index is 0.0139. The van der Waals surface area contributed by atoms with Crippen LogP contribution in [-0.2, 0) is 35.4 Å². The maximum Gasteiger partial charge on any atom is 0.416 e. The van der Waals surface area contributed by atoms with Crippen molar-refractivity contribution < 1.29 is 22.8 Å². The van der Waals surface area contributed by atoms with E-state index in [9.17, 15) is 22.8 Å².